The van der Waals surface area contributed by atoms with Crippen LogP contribution in [-0.2, 0) is 13.5 Å². The van der Waals surface area contributed by atoms with Gasteiger partial charge in [0.05, 0.1) is 5.52 Å². The zero-order valence-corrected chi connectivity index (χ0v) is 12.6. The van der Waals surface area contributed by atoms with Gasteiger partial charge in [-0.25, -0.2) is 4.39 Å². The van der Waals surface area contributed by atoms with E-state index in [0.717, 1.165) is 23.1 Å². The normalized spacial score (nSPS) is 10.9. The van der Waals surface area contributed by atoms with Crippen molar-refractivity contribution in [1.82, 2.24) is 4.57 Å². The Hall–Kier alpha value is -2.62. The highest BCUT2D eigenvalue weighted by Gasteiger charge is 2.14. The van der Waals surface area contributed by atoms with Crippen LogP contribution in [0.1, 0.15) is 23.0 Å². The van der Waals surface area contributed by atoms with Crippen molar-refractivity contribution in [3.63, 3.8) is 0 Å². The van der Waals surface area contributed by atoms with Crippen LogP contribution >= 0.6 is 0 Å². The number of hydrogen-bond donors (Lipinski definition) is 1. The van der Waals surface area contributed by atoms with Crippen LogP contribution in [0.15, 0.2) is 48.5 Å². The summed E-state index contributed by atoms with van der Waals surface area (Å²) in [5.41, 5.74) is 3.10. The first-order valence-corrected chi connectivity index (χ1v) is 7.24. The number of para-hydroxylation sites is 1. The minimum atomic E-state index is -0.308. The maximum absolute atomic E-state index is 13.4. The molecule has 0 bridgehead atoms. The molecule has 22 heavy (non-hydrogen) atoms. The fraction of sp³-hybridized carbons (Fsp3) is 0.167. The van der Waals surface area contributed by atoms with E-state index in [-0.39, 0.29) is 11.7 Å². The van der Waals surface area contributed by atoms with E-state index in [9.17, 15) is 9.18 Å². The molecule has 0 radical (unpaired) electrons. The Morgan fingerprint density at radius 3 is 2.73 bits per heavy atom. The van der Waals surface area contributed by atoms with Gasteiger partial charge in [-0.3, -0.25) is 4.79 Å². The third-order valence-electron chi connectivity index (χ3n) is 3.89. The van der Waals surface area contributed by atoms with Gasteiger partial charge in [-0.05, 0) is 42.3 Å². The average molecular weight is 296 g/mol. The summed E-state index contributed by atoms with van der Waals surface area (Å²) in [5.74, 6) is -0.503. The predicted molar refractivity (Wildman–Crippen MR) is 86.7 cm³/mol. The van der Waals surface area contributed by atoms with Gasteiger partial charge in [-0.15, -0.1) is 0 Å². The first-order valence-electron chi connectivity index (χ1n) is 7.24. The summed E-state index contributed by atoms with van der Waals surface area (Å²) in [6.45, 7) is 2.05. The van der Waals surface area contributed by atoms with Crippen molar-refractivity contribution >= 4 is 22.5 Å². The topological polar surface area (TPSA) is 34.0 Å². The quantitative estimate of drug-likeness (QED) is 0.774. The van der Waals surface area contributed by atoms with Crippen molar-refractivity contribution < 1.29 is 9.18 Å². The Balaban J connectivity index is 1.97. The summed E-state index contributed by atoms with van der Waals surface area (Å²) in [6, 6.07) is 14.0. The van der Waals surface area contributed by atoms with Crippen LogP contribution in [0.25, 0.3) is 10.9 Å². The van der Waals surface area contributed by atoms with Crippen molar-refractivity contribution in [3.05, 3.63) is 65.6 Å². The van der Waals surface area contributed by atoms with Crippen molar-refractivity contribution in [2.75, 3.05) is 5.32 Å². The molecule has 3 nitrogen and oxygen atoms in total. The van der Waals surface area contributed by atoms with E-state index in [4.69, 9.17) is 0 Å². The van der Waals surface area contributed by atoms with E-state index in [1.54, 1.807) is 23.7 Å². The van der Waals surface area contributed by atoms with Crippen molar-refractivity contribution in [2.45, 2.75) is 13.3 Å². The SMILES string of the molecule is CCc1ccccc1NC(=O)c1cc2ccc(F)cc2n1C. The Labute approximate surface area is 128 Å². The second-order valence-corrected chi connectivity index (χ2v) is 5.26. The monoisotopic (exact) mass is 296 g/mol. The molecule has 1 N–H and O–H groups in total. The number of benzene rings is 2. The van der Waals surface area contributed by atoms with Crippen LogP contribution in [-0.4, -0.2) is 10.5 Å². The maximum atomic E-state index is 13.4. The zero-order valence-electron chi connectivity index (χ0n) is 12.6. The summed E-state index contributed by atoms with van der Waals surface area (Å²) >= 11 is 0. The highest BCUT2D eigenvalue weighted by Crippen LogP contribution is 2.22. The van der Waals surface area contributed by atoms with E-state index in [2.05, 4.69) is 5.32 Å². The first-order chi connectivity index (χ1) is 10.6. The number of amides is 1. The van der Waals surface area contributed by atoms with Crippen molar-refractivity contribution in [2.24, 2.45) is 7.05 Å². The molecule has 1 aromatic heterocycles. The largest absolute Gasteiger partial charge is 0.340 e. The highest BCUT2D eigenvalue weighted by atomic mass is 19.1. The van der Waals surface area contributed by atoms with E-state index >= 15 is 0 Å². The van der Waals surface area contributed by atoms with Gasteiger partial charge in [0.2, 0.25) is 0 Å². The number of anilines is 1. The smallest absolute Gasteiger partial charge is 0.272 e. The lowest BCUT2D eigenvalue weighted by Crippen LogP contribution is -2.16. The number of nitrogens with one attached hydrogen (secondary N) is 1. The van der Waals surface area contributed by atoms with Gasteiger partial charge in [0.15, 0.2) is 0 Å². The lowest BCUT2D eigenvalue weighted by molar-refractivity contribution is 0.101. The molecule has 0 fully saturated rings. The van der Waals surface area contributed by atoms with Crippen molar-refractivity contribution in [3.8, 4) is 0 Å². The van der Waals surface area contributed by atoms with Crippen LogP contribution in [0.5, 0.6) is 0 Å². The molecule has 0 saturated heterocycles. The molecule has 0 aliphatic rings. The Kier molecular flexibility index (Phi) is 3.67. The molecular weight excluding hydrogens is 279 g/mol. The highest BCUT2D eigenvalue weighted by molar-refractivity contribution is 6.06. The third kappa shape index (κ3) is 2.48. The van der Waals surface area contributed by atoms with E-state index in [1.165, 1.54) is 12.1 Å². The lowest BCUT2D eigenvalue weighted by Gasteiger charge is -2.10. The van der Waals surface area contributed by atoms with Gasteiger partial charge in [-0.2, -0.15) is 0 Å². The molecule has 0 aliphatic carbocycles. The van der Waals surface area contributed by atoms with Crippen LogP contribution in [0.2, 0.25) is 0 Å². The lowest BCUT2D eigenvalue weighted by atomic mass is 10.1. The van der Waals surface area contributed by atoms with Crippen LogP contribution < -0.4 is 5.32 Å². The Morgan fingerprint density at radius 2 is 1.95 bits per heavy atom. The van der Waals surface area contributed by atoms with Crippen LogP contribution in [0.4, 0.5) is 10.1 Å². The van der Waals surface area contributed by atoms with Crippen LogP contribution in [0, 0.1) is 5.82 Å². The van der Waals surface area contributed by atoms with E-state index in [0.29, 0.717) is 11.2 Å². The van der Waals surface area contributed by atoms with E-state index < -0.39 is 0 Å². The molecule has 1 heterocycles. The Bertz CT molecular complexity index is 851. The fourth-order valence-electron chi connectivity index (χ4n) is 2.66. The average Bonchev–Trinajstić information content (AvgIpc) is 2.85. The van der Waals surface area contributed by atoms with Gasteiger partial charge in [-0.1, -0.05) is 25.1 Å². The summed E-state index contributed by atoms with van der Waals surface area (Å²) in [7, 11) is 1.77. The first kappa shape index (κ1) is 14.3. The predicted octanol–water partition coefficient (Wildman–Crippen LogP) is 4.13. The molecular formula is C18H17FN2O. The van der Waals surface area contributed by atoms with Crippen molar-refractivity contribution in [1.29, 1.82) is 0 Å². The van der Waals surface area contributed by atoms with Gasteiger partial charge in [0.1, 0.15) is 11.5 Å². The number of carbonyl (C=O) groups is 1. The second kappa shape index (κ2) is 5.64. The van der Waals surface area contributed by atoms with Gasteiger partial charge in [0, 0.05) is 18.1 Å². The van der Waals surface area contributed by atoms with Gasteiger partial charge < -0.3 is 9.88 Å². The third-order valence-corrected chi connectivity index (χ3v) is 3.89. The number of nitrogens with zero attached hydrogens (tertiary/aromatic N) is 1. The van der Waals surface area contributed by atoms with Gasteiger partial charge in [0.25, 0.3) is 5.91 Å². The molecule has 3 aromatic rings. The number of hydrogen-bond acceptors (Lipinski definition) is 1. The van der Waals surface area contributed by atoms with Crippen LogP contribution in [0.3, 0.4) is 0 Å². The minimum absolute atomic E-state index is 0.194. The number of halogens is 1. The van der Waals surface area contributed by atoms with Gasteiger partial charge >= 0.3 is 0 Å². The van der Waals surface area contributed by atoms with E-state index in [1.807, 2.05) is 31.2 Å². The number of aryl methyl sites for hydroxylation is 2. The molecule has 0 saturated carbocycles. The second-order valence-electron chi connectivity index (χ2n) is 5.26. The molecule has 0 aliphatic heterocycles. The maximum Gasteiger partial charge on any atom is 0.272 e. The zero-order chi connectivity index (χ0) is 15.7. The molecule has 3 rings (SSSR count). The summed E-state index contributed by atoms with van der Waals surface area (Å²) < 4.78 is 15.1. The Morgan fingerprint density at radius 1 is 1.18 bits per heavy atom. The number of rotatable bonds is 3. The minimum Gasteiger partial charge on any atom is -0.340 e. The molecule has 2 aromatic carbocycles. The standard InChI is InChI=1S/C18H17FN2O/c1-3-12-6-4-5-7-15(12)20-18(22)17-10-13-8-9-14(19)11-16(13)21(17)2/h4-11H,3H2,1-2H3,(H,20,22). The summed E-state index contributed by atoms with van der Waals surface area (Å²) in [5, 5.41) is 3.79. The number of carbonyl (C=O) groups excluding carboxylic acids is 1. The molecule has 0 unspecified atom stereocenters. The summed E-state index contributed by atoms with van der Waals surface area (Å²) in [6.07, 6.45) is 0.844. The molecule has 112 valence electrons. The molecule has 0 atom stereocenters. The molecule has 0 spiro atoms. The summed E-state index contributed by atoms with van der Waals surface area (Å²) in [4.78, 5) is 12.5. The number of aromatic nitrogens is 1. The number of fused-ring (bicyclic) bond motifs is 1. The fourth-order valence-corrected chi connectivity index (χ4v) is 2.66. The molecule has 1 amide bonds. The molecule has 4 heteroatoms.